The van der Waals surface area contributed by atoms with Gasteiger partial charge in [0.15, 0.2) is 0 Å². The highest BCUT2D eigenvalue weighted by Crippen LogP contribution is 2.18. The minimum atomic E-state index is -0.157. The molecule has 106 valence electrons. The molecule has 0 saturated heterocycles. The Bertz CT molecular complexity index is 567. The fraction of sp³-hybridized carbons (Fsp3) is 0.286. The summed E-state index contributed by atoms with van der Waals surface area (Å²) in [7, 11) is 1.54. The van der Waals surface area contributed by atoms with E-state index in [1.165, 1.54) is 0 Å². The van der Waals surface area contributed by atoms with Crippen molar-refractivity contribution in [3.05, 3.63) is 42.0 Å². The Morgan fingerprint density at radius 2 is 2.30 bits per heavy atom. The molecule has 0 saturated carbocycles. The number of nitrogen functional groups attached to an aromatic ring is 1. The summed E-state index contributed by atoms with van der Waals surface area (Å²) in [4.78, 5) is 19.1. The molecule has 1 amide bonds. The number of nitrogens with two attached hydrogens (primary N) is 1. The summed E-state index contributed by atoms with van der Waals surface area (Å²) in [6.45, 7) is 0.580. The van der Waals surface area contributed by atoms with Crippen LogP contribution in [-0.2, 0) is 6.42 Å². The molecule has 1 heterocycles. The predicted octanol–water partition coefficient (Wildman–Crippen LogP) is 1.36. The smallest absolute Gasteiger partial charge is 0.251 e. The first-order chi connectivity index (χ1) is 9.69. The summed E-state index contributed by atoms with van der Waals surface area (Å²) in [6.07, 6.45) is 5.12. The van der Waals surface area contributed by atoms with Gasteiger partial charge in [-0.15, -0.1) is 0 Å². The van der Waals surface area contributed by atoms with Crippen LogP contribution in [0, 0.1) is 0 Å². The van der Waals surface area contributed by atoms with Crippen molar-refractivity contribution in [2.45, 2.75) is 12.8 Å². The summed E-state index contributed by atoms with van der Waals surface area (Å²) in [5.74, 6) is 1.34. The zero-order valence-corrected chi connectivity index (χ0v) is 11.3. The lowest BCUT2D eigenvalue weighted by Crippen LogP contribution is -2.25. The van der Waals surface area contributed by atoms with E-state index >= 15 is 0 Å². The number of aromatic amines is 1. The average molecular weight is 274 g/mol. The number of imidazole rings is 1. The van der Waals surface area contributed by atoms with Crippen molar-refractivity contribution in [2.75, 3.05) is 19.4 Å². The molecule has 1 aromatic heterocycles. The normalized spacial score (nSPS) is 10.2. The van der Waals surface area contributed by atoms with E-state index in [0.29, 0.717) is 23.5 Å². The molecular formula is C14H18N4O2. The number of methoxy groups -OCH3 is 1. The van der Waals surface area contributed by atoms with Gasteiger partial charge in [-0.05, 0) is 18.6 Å². The second kappa shape index (κ2) is 6.60. The van der Waals surface area contributed by atoms with E-state index < -0.39 is 0 Å². The van der Waals surface area contributed by atoms with E-state index in [2.05, 4.69) is 15.3 Å². The minimum Gasteiger partial charge on any atom is -0.497 e. The van der Waals surface area contributed by atoms with Crippen molar-refractivity contribution in [2.24, 2.45) is 0 Å². The molecule has 0 atom stereocenters. The molecule has 20 heavy (non-hydrogen) atoms. The van der Waals surface area contributed by atoms with Crippen molar-refractivity contribution >= 4 is 11.6 Å². The zero-order valence-electron chi connectivity index (χ0n) is 11.3. The van der Waals surface area contributed by atoms with Crippen molar-refractivity contribution in [1.29, 1.82) is 0 Å². The molecule has 4 N–H and O–H groups in total. The van der Waals surface area contributed by atoms with Crippen molar-refractivity contribution < 1.29 is 9.53 Å². The summed E-state index contributed by atoms with van der Waals surface area (Å²) in [5.41, 5.74) is 6.72. The Balaban J connectivity index is 1.83. The molecule has 0 aliphatic carbocycles. The number of anilines is 1. The lowest BCUT2D eigenvalue weighted by molar-refractivity contribution is 0.0953. The second-order valence-electron chi connectivity index (χ2n) is 4.39. The highest BCUT2D eigenvalue weighted by Gasteiger charge is 2.08. The Labute approximate surface area is 117 Å². The number of H-pyrrole nitrogens is 1. The molecule has 0 bridgehead atoms. The lowest BCUT2D eigenvalue weighted by Gasteiger charge is -2.07. The SMILES string of the molecule is COc1cc(N)cc(C(=O)NCCCc2ncc[nH]2)c1. The van der Waals surface area contributed by atoms with E-state index in [1.54, 1.807) is 37.7 Å². The van der Waals surface area contributed by atoms with Crippen LogP contribution in [0.25, 0.3) is 0 Å². The Hall–Kier alpha value is -2.50. The number of amides is 1. The van der Waals surface area contributed by atoms with Crippen LogP contribution in [0.4, 0.5) is 5.69 Å². The van der Waals surface area contributed by atoms with Crippen LogP contribution in [0.15, 0.2) is 30.6 Å². The van der Waals surface area contributed by atoms with Crippen molar-refractivity contribution in [3.63, 3.8) is 0 Å². The van der Waals surface area contributed by atoms with Gasteiger partial charge in [0.05, 0.1) is 7.11 Å². The van der Waals surface area contributed by atoms with Gasteiger partial charge in [0.25, 0.3) is 5.91 Å². The number of nitrogens with zero attached hydrogens (tertiary/aromatic N) is 1. The first kappa shape index (κ1) is 13.9. The van der Waals surface area contributed by atoms with Crippen LogP contribution < -0.4 is 15.8 Å². The number of carbonyl (C=O) groups excluding carboxylic acids is 1. The topological polar surface area (TPSA) is 93.0 Å². The van der Waals surface area contributed by atoms with Crippen LogP contribution in [-0.4, -0.2) is 29.5 Å². The molecule has 6 heteroatoms. The molecule has 6 nitrogen and oxygen atoms in total. The molecule has 0 aliphatic rings. The Morgan fingerprint density at radius 3 is 3.00 bits per heavy atom. The Kier molecular flexibility index (Phi) is 4.60. The number of aryl methyl sites for hydroxylation is 1. The maximum atomic E-state index is 12.0. The molecular weight excluding hydrogens is 256 g/mol. The van der Waals surface area contributed by atoms with Gasteiger partial charge in [0.1, 0.15) is 11.6 Å². The lowest BCUT2D eigenvalue weighted by atomic mass is 10.1. The summed E-state index contributed by atoms with van der Waals surface area (Å²) < 4.78 is 5.09. The van der Waals surface area contributed by atoms with Gasteiger partial charge in [-0.1, -0.05) is 0 Å². The van der Waals surface area contributed by atoms with Crippen LogP contribution in [0.1, 0.15) is 22.6 Å². The van der Waals surface area contributed by atoms with E-state index in [9.17, 15) is 4.79 Å². The van der Waals surface area contributed by atoms with E-state index in [4.69, 9.17) is 10.5 Å². The van der Waals surface area contributed by atoms with Gasteiger partial charge in [-0.2, -0.15) is 0 Å². The van der Waals surface area contributed by atoms with Crippen LogP contribution >= 0.6 is 0 Å². The number of nitrogens with one attached hydrogen (secondary N) is 2. The fourth-order valence-corrected chi connectivity index (χ4v) is 1.87. The zero-order chi connectivity index (χ0) is 14.4. The van der Waals surface area contributed by atoms with Gasteiger partial charge in [-0.25, -0.2) is 4.98 Å². The van der Waals surface area contributed by atoms with Gasteiger partial charge < -0.3 is 20.8 Å². The van der Waals surface area contributed by atoms with Crippen LogP contribution in [0.5, 0.6) is 5.75 Å². The number of hydrogen-bond acceptors (Lipinski definition) is 4. The minimum absolute atomic E-state index is 0.157. The van der Waals surface area contributed by atoms with Gasteiger partial charge in [0.2, 0.25) is 0 Å². The molecule has 2 aromatic rings. The highest BCUT2D eigenvalue weighted by atomic mass is 16.5. The van der Waals surface area contributed by atoms with E-state index in [0.717, 1.165) is 18.7 Å². The summed E-state index contributed by atoms with van der Waals surface area (Å²) >= 11 is 0. The first-order valence-electron chi connectivity index (χ1n) is 6.40. The van der Waals surface area contributed by atoms with Gasteiger partial charge >= 0.3 is 0 Å². The summed E-state index contributed by atoms with van der Waals surface area (Å²) in [5, 5.41) is 2.85. The average Bonchev–Trinajstić information content (AvgIpc) is 2.95. The molecule has 0 radical (unpaired) electrons. The second-order valence-corrected chi connectivity index (χ2v) is 4.39. The van der Waals surface area contributed by atoms with Crippen LogP contribution in [0.3, 0.4) is 0 Å². The quantitative estimate of drug-likeness (QED) is 0.548. The number of hydrogen-bond donors (Lipinski definition) is 3. The number of rotatable bonds is 6. The van der Waals surface area contributed by atoms with Crippen LogP contribution in [0.2, 0.25) is 0 Å². The molecule has 0 unspecified atom stereocenters. The molecule has 1 aromatic carbocycles. The van der Waals surface area contributed by atoms with Crippen molar-refractivity contribution in [1.82, 2.24) is 15.3 Å². The van der Waals surface area contributed by atoms with E-state index in [-0.39, 0.29) is 5.91 Å². The maximum absolute atomic E-state index is 12.0. The number of benzene rings is 1. The molecule has 0 aliphatic heterocycles. The largest absolute Gasteiger partial charge is 0.497 e. The summed E-state index contributed by atoms with van der Waals surface area (Å²) in [6, 6.07) is 4.97. The van der Waals surface area contributed by atoms with Gasteiger partial charge in [0, 0.05) is 42.7 Å². The third kappa shape index (κ3) is 3.74. The van der Waals surface area contributed by atoms with E-state index in [1.807, 2.05) is 0 Å². The molecule has 0 fully saturated rings. The number of aromatic nitrogens is 2. The predicted molar refractivity (Wildman–Crippen MR) is 76.6 cm³/mol. The number of carbonyl (C=O) groups is 1. The monoisotopic (exact) mass is 274 g/mol. The number of ether oxygens (including phenoxy) is 1. The third-order valence-corrected chi connectivity index (χ3v) is 2.86. The van der Waals surface area contributed by atoms with Gasteiger partial charge in [-0.3, -0.25) is 4.79 Å². The Morgan fingerprint density at radius 1 is 1.45 bits per heavy atom. The first-order valence-corrected chi connectivity index (χ1v) is 6.40. The molecule has 0 spiro atoms. The standard InChI is InChI=1S/C14H18N4O2/c1-20-12-8-10(7-11(15)9-12)14(19)18-4-2-3-13-16-5-6-17-13/h5-9H,2-4,15H2,1H3,(H,16,17)(H,18,19). The fourth-order valence-electron chi connectivity index (χ4n) is 1.87. The highest BCUT2D eigenvalue weighted by molar-refractivity contribution is 5.95. The molecule has 2 rings (SSSR count). The third-order valence-electron chi connectivity index (χ3n) is 2.86. The van der Waals surface area contributed by atoms with Crippen molar-refractivity contribution in [3.8, 4) is 5.75 Å². The maximum Gasteiger partial charge on any atom is 0.251 e.